The Kier molecular flexibility index (Phi) is 6.57. The Bertz CT molecular complexity index is 879. The third-order valence-electron chi connectivity index (χ3n) is 3.95. The van der Waals surface area contributed by atoms with Gasteiger partial charge in [0.2, 0.25) is 0 Å². The maximum absolute atomic E-state index is 12.3. The van der Waals surface area contributed by atoms with Crippen molar-refractivity contribution < 1.29 is 9.53 Å². The third-order valence-corrected chi connectivity index (χ3v) is 3.95. The van der Waals surface area contributed by atoms with Gasteiger partial charge in [-0.1, -0.05) is 44.2 Å². The number of nitrogens with one attached hydrogen (secondary N) is 2. The van der Waals surface area contributed by atoms with E-state index in [-0.39, 0.29) is 11.6 Å². The van der Waals surface area contributed by atoms with Gasteiger partial charge in [0.25, 0.3) is 5.91 Å². The fourth-order valence-corrected chi connectivity index (χ4v) is 2.43. The van der Waals surface area contributed by atoms with E-state index in [1.807, 2.05) is 42.5 Å². The van der Waals surface area contributed by atoms with E-state index in [1.54, 1.807) is 24.3 Å². The second kappa shape index (κ2) is 9.50. The maximum atomic E-state index is 12.3. The van der Waals surface area contributed by atoms with Gasteiger partial charge in [-0.15, -0.1) is 10.2 Å². The first-order chi connectivity index (χ1) is 13.6. The molecule has 0 bridgehead atoms. The van der Waals surface area contributed by atoms with E-state index in [0.29, 0.717) is 24.0 Å². The zero-order valence-corrected chi connectivity index (χ0v) is 16.1. The summed E-state index contributed by atoms with van der Waals surface area (Å²) in [5.41, 5.74) is 2.03. The molecule has 0 fully saturated rings. The Hall–Kier alpha value is -3.41. The van der Waals surface area contributed by atoms with Crippen molar-refractivity contribution >= 4 is 17.4 Å². The van der Waals surface area contributed by atoms with E-state index >= 15 is 0 Å². The maximum Gasteiger partial charge on any atom is 0.276 e. The van der Waals surface area contributed by atoms with Gasteiger partial charge in [-0.2, -0.15) is 0 Å². The Balaban J connectivity index is 1.52. The lowest BCUT2D eigenvalue weighted by Gasteiger charge is -2.09. The first-order valence-electron chi connectivity index (χ1n) is 9.26. The molecule has 2 N–H and O–H groups in total. The van der Waals surface area contributed by atoms with Crippen molar-refractivity contribution in [2.24, 2.45) is 5.92 Å². The highest BCUT2D eigenvalue weighted by molar-refractivity contribution is 6.02. The molecule has 6 nitrogen and oxygen atoms in total. The predicted octanol–water partition coefficient (Wildman–Crippen LogP) is 4.38. The Morgan fingerprint density at radius 1 is 0.964 bits per heavy atom. The Morgan fingerprint density at radius 3 is 2.36 bits per heavy atom. The molecule has 6 heteroatoms. The van der Waals surface area contributed by atoms with Crippen LogP contribution in [0.5, 0.6) is 5.75 Å². The molecule has 0 saturated carbocycles. The lowest BCUT2D eigenvalue weighted by Crippen LogP contribution is -2.15. The van der Waals surface area contributed by atoms with E-state index in [2.05, 4.69) is 34.7 Å². The molecule has 0 saturated heterocycles. The molecule has 3 rings (SSSR count). The van der Waals surface area contributed by atoms with E-state index in [0.717, 1.165) is 17.9 Å². The zero-order valence-electron chi connectivity index (χ0n) is 16.1. The van der Waals surface area contributed by atoms with Crippen LogP contribution in [0.15, 0.2) is 66.7 Å². The highest BCUT2D eigenvalue weighted by Crippen LogP contribution is 2.17. The molecular formula is C22H24N4O2. The molecule has 1 heterocycles. The summed E-state index contributed by atoms with van der Waals surface area (Å²) >= 11 is 0. The number of nitrogens with zero attached hydrogens (tertiary/aromatic N) is 2. The Morgan fingerprint density at radius 2 is 1.71 bits per heavy atom. The molecule has 0 unspecified atom stereocenters. The van der Waals surface area contributed by atoms with Crippen molar-refractivity contribution in [2.45, 2.75) is 20.5 Å². The second-order valence-electron chi connectivity index (χ2n) is 6.83. The van der Waals surface area contributed by atoms with Crippen LogP contribution in [0, 0.1) is 5.92 Å². The molecule has 0 atom stereocenters. The summed E-state index contributed by atoms with van der Waals surface area (Å²) in [6.07, 6.45) is 0. The molecule has 28 heavy (non-hydrogen) atoms. The lowest BCUT2D eigenvalue weighted by atomic mass is 10.2. The summed E-state index contributed by atoms with van der Waals surface area (Å²) in [7, 11) is 0. The van der Waals surface area contributed by atoms with Gasteiger partial charge in [-0.25, -0.2) is 0 Å². The van der Waals surface area contributed by atoms with Gasteiger partial charge < -0.3 is 15.4 Å². The van der Waals surface area contributed by atoms with Gasteiger partial charge in [-0.3, -0.25) is 4.79 Å². The number of amides is 1. The molecule has 2 aromatic carbocycles. The minimum atomic E-state index is -0.305. The first-order valence-corrected chi connectivity index (χ1v) is 9.26. The number of carbonyl (C=O) groups excluding carboxylic acids is 1. The average molecular weight is 376 g/mol. The van der Waals surface area contributed by atoms with Crippen LogP contribution in [0.3, 0.4) is 0 Å². The summed E-state index contributed by atoms with van der Waals surface area (Å²) in [4.78, 5) is 12.3. The fraction of sp³-hybridized carbons (Fsp3) is 0.227. The molecule has 144 valence electrons. The normalized spacial score (nSPS) is 10.5. The summed E-state index contributed by atoms with van der Waals surface area (Å²) < 4.78 is 5.75. The number of ether oxygens (including phenoxy) is 1. The van der Waals surface area contributed by atoms with Crippen molar-refractivity contribution in [1.82, 2.24) is 10.2 Å². The monoisotopic (exact) mass is 376 g/mol. The van der Waals surface area contributed by atoms with Gasteiger partial charge in [-0.05, 0) is 47.9 Å². The van der Waals surface area contributed by atoms with Crippen LogP contribution in [0.1, 0.15) is 29.9 Å². The lowest BCUT2D eigenvalue weighted by molar-refractivity contribution is 0.102. The van der Waals surface area contributed by atoms with E-state index in [1.165, 1.54) is 0 Å². The largest absolute Gasteiger partial charge is 0.489 e. The minimum absolute atomic E-state index is 0.263. The van der Waals surface area contributed by atoms with Gasteiger partial charge in [0.05, 0.1) is 0 Å². The topological polar surface area (TPSA) is 76.1 Å². The van der Waals surface area contributed by atoms with Crippen molar-refractivity contribution in [3.05, 3.63) is 78.0 Å². The molecule has 1 aromatic heterocycles. The number of hydrogen-bond donors (Lipinski definition) is 2. The highest BCUT2D eigenvalue weighted by atomic mass is 16.5. The van der Waals surface area contributed by atoms with Crippen molar-refractivity contribution in [2.75, 3.05) is 17.2 Å². The summed E-state index contributed by atoms with van der Waals surface area (Å²) in [5, 5.41) is 14.0. The number of aromatic nitrogens is 2. The molecule has 0 aliphatic carbocycles. The van der Waals surface area contributed by atoms with E-state index in [9.17, 15) is 4.79 Å². The van der Waals surface area contributed by atoms with Crippen LogP contribution in [0.25, 0.3) is 0 Å². The van der Waals surface area contributed by atoms with Crippen LogP contribution < -0.4 is 15.4 Å². The predicted molar refractivity (Wildman–Crippen MR) is 111 cm³/mol. The summed E-state index contributed by atoms with van der Waals surface area (Å²) in [5.74, 6) is 1.60. The van der Waals surface area contributed by atoms with Gasteiger partial charge in [0, 0.05) is 12.2 Å². The number of benzene rings is 2. The Labute approximate surface area is 165 Å². The van der Waals surface area contributed by atoms with Crippen LogP contribution in [-0.4, -0.2) is 22.6 Å². The highest BCUT2D eigenvalue weighted by Gasteiger charge is 2.09. The van der Waals surface area contributed by atoms with E-state index in [4.69, 9.17) is 4.74 Å². The van der Waals surface area contributed by atoms with Crippen molar-refractivity contribution in [3.8, 4) is 5.75 Å². The number of hydrogen-bond acceptors (Lipinski definition) is 5. The van der Waals surface area contributed by atoms with Crippen LogP contribution in [0.2, 0.25) is 0 Å². The van der Waals surface area contributed by atoms with Gasteiger partial charge >= 0.3 is 0 Å². The van der Waals surface area contributed by atoms with Crippen LogP contribution in [-0.2, 0) is 6.61 Å². The SMILES string of the molecule is CC(C)CNc1ccc(C(=O)Nc2ccc(OCc3ccccc3)cc2)nn1. The van der Waals surface area contributed by atoms with Crippen LogP contribution in [0.4, 0.5) is 11.5 Å². The molecule has 0 spiro atoms. The second-order valence-corrected chi connectivity index (χ2v) is 6.83. The molecular weight excluding hydrogens is 352 g/mol. The number of anilines is 2. The molecule has 0 aliphatic rings. The minimum Gasteiger partial charge on any atom is -0.489 e. The van der Waals surface area contributed by atoms with Gasteiger partial charge in [0.15, 0.2) is 5.69 Å². The van der Waals surface area contributed by atoms with Crippen LogP contribution >= 0.6 is 0 Å². The zero-order chi connectivity index (χ0) is 19.8. The number of rotatable bonds is 8. The smallest absolute Gasteiger partial charge is 0.276 e. The molecule has 1 amide bonds. The van der Waals surface area contributed by atoms with Crippen molar-refractivity contribution in [3.63, 3.8) is 0 Å². The molecule has 0 aliphatic heterocycles. The molecule has 0 radical (unpaired) electrons. The fourth-order valence-electron chi connectivity index (χ4n) is 2.43. The van der Waals surface area contributed by atoms with E-state index < -0.39 is 0 Å². The average Bonchev–Trinajstić information content (AvgIpc) is 2.73. The van der Waals surface area contributed by atoms with Crippen molar-refractivity contribution in [1.29, 1.82) is 0 Å². The summed E-state index contributed by atoms with van der Waals surface area (Å²) in [6, 6.07) is 20.6. The standard InChI is InChI=1S/C22H24N4O2/c1-16(2)14-23-21-13-12-20(25-26-21)22(27)24-18-8-10-19(11-9-18)28-15-17-6-4-3-5-7-17/h3-13,16H,14-15H2,1-2H3,(H,23,26)(H,24,27). The number of carbonyl (C=O) groups is 1. The summed E-state index contributed by atoms with van der Waals surface area (Å²) in [6.45, 7) is 5.53. The first kappa shape index (κ1) is 19.4. The van der Waals surface area contributed by atoms with Gasteiger partial charge in [0.1, 0.15) is 18.2 Å². The molecule has 3 aromatic rings. The third kappa shape index (κ3) is 5.81. The quantitative estimate of drug-likeness (QED) is 0.610.